The average molecular weight is 455 g/mol. The Kier molecular flexibility index (Phi) is 6.38. The van der Waals surface area contributed by atoms with Gasteiger partial charge in [-0.2, -0.15) is 5.10 Å². The van der Waals surface area contributed by atoms with Crippen molar-refractivity contribution in [2.24, 2.45) is 0 Å². The number of amides is 1. The number of rotatable bonds is 6. The van der Waals surface area contributed by atoms with E-state index >= 15 is 0 Å². The van der Waals surface area contributed by atoms with E-state index in [0.717, 1.165) is 38.4 Å². The van der Waals surface area contributed by atoms with Crippen LogP contribution in [0.25, 0.3) is 5.69 Å². The zero-order chi connectivity index (χ0) is 22.7. The lowest BCUT2D eigenvalue weighted by Crippen LogP contribution is -2.46. The molecule has 0 aliphatic carbocycles. The van der Waals surface area contributed by atoms with Crippen molar-refractivity contribution in [3.8, 4) is 5.69 Å². The Morgan fingerprint density at radius 2 is 1.94 bits per heavy atom. The van der Waals surface area contributed by atoms with Gasteiger partial charge in [-0.3, -0.25) is 14.9 Å². The smallest absolute Gasteiger partial charge is 0.276 e. The first-order chi connectivity index (χ1) is 15.4. The number of nitrogens with zero attached hydrogens (tertiary/aromatic N) is 5. The summed E-state index contributed by atoms with van der Waals surface area (Å²) in [6.07, 6.45) is 1.59. The van der Waals surface area contributed by atoms with E-state index in [1.54, 1.807) is 30.5 Å². The van der Waals surface area contributed by atoms with E-state index in [2.05, 4.69) is 27.1 Å². The maximum atomic E-state index is 12.9. The molecule has 1 N–H and O–H groups in total. The summed E-state index contributed by atoms with van der Waals surface area (Å²) in [5.41, 5.74) is 2.18. The summed E-state index contributed by atoms with van der Waals surface area (Å²) in [5.74, 6) is -0.384. The standard InChI is InChI=1S/C22H23ClN6O3/c1-2-26-10-12-27(13-11-26)21-7-6-16(23)14-20(21)24-22(30)19-8-9-28(25-19)17-4-3-5-18(15-17)29(31)32/h3-9,14-15H,2,10-13H2,1H3,(H,24,30). The lowest BCUT2D eigenvalue weighted by molar-refractivity contribution is -0.384. The summed E-state index contributed by atoms with van der Waals surface area (Å²) in [4.78, 5) is 28.1. The van der Waals surface area contributed by atoms with Gasteiger partial charge >= 0.3 is 0 Å². The number of hydrogen-bond donors (Lipinski definition) is 1. The van der Waals surface area contributed by atoms with Gasteiger partial charge in [0.25, 0.3) is 11.6 Å². The second kappa shape index (κ2) is 9.37. The number of benzene rings is 2. The molecule has 9 nitrogen and oxygen atoms in total. The fourth-order valence-electron chi connectivity index (χ4n) is 3.71. The predicted octanol–water partition coefficient (Wildman–Crippen LogP) is 3.83. The molecule has 0 unspecified atom stereocenters. The molecular formula is C22H23ClN6O3. The SMILES string of the molecule is CCN1CCN(c2ccc(Cl)cc2NC(=O)c2ccn(-c3cccc([N+](=O)[O-])c3)n2)CC1. The van der Waals surface area contributed by atoms with Gasteiger partial charge in [0.2, 0.25) is 0 Å². The van der Waals surface area contributed by atoms with Crippen LogP contribution >= 0.6 is 11.6 Å². The monoisotopic (exact) mass is 454 g/mol. The molecule has 2 aromatic carbocycles. The molecule has 0 spiro atoms. The summed E-state index contributed by atoms with van der Waals surface area (Å²) in [6, 6.07) is 13.1. The maximum Gasteiger partial charge on any atom is 0.276 e. The number of carbonyl (C=O) groups is 1. The Bertz CT molecular complexity index is 1140. The van der Waals surface area contributed by atoms with Gasteiger partial charge in [0.15, 0.2) is 5.69 Å². The third kappa shape index (κ3) is 4.74. The van der Waals surface area contributed by atoms with Crippen molar-refractivity contribution in [2.75, 3.05) is 42.9 Å². The molecule has 2 heterocycles. The Labute approximate surface area is 190 Å². The molecule has 166 valence electrons. The normalized spacial score (nSPS) is 14.4. The van der Waals surface area contributed by atoms with Crippen LogP contribution in [0, 0.1) is 10.1 Å². The zero-order valence-corrected chi connectivity index (χ0v) is 18.3. The number of halogens is 1. The number of carbonyl (C=O) groups excluding carboxylic acids is 1. The number of nitro groups is 1. The second-order valence-electron chi connectivity index (χ2n) is 7.46. The van der Waals surface area contributed by atoms with Crippen LogP contribution < -0.4 is 10.2 Å². The molecule has 1 saturated heterocycles. The van der Waals surface area contributed by atoms with E-state index in [-0.39, 0.29) is 17.3 Å². The minimum Gasteiger partial charge on any atom is -0.367 e. The van der Waals surface area contributed by atoms with Crippen molar-refractivity contribution in [3.63, 3.8) is 0 Å². The highest BCUT2D eigenvalue weighted by Crippen LogP contribution is 2.30. The van der Waals surface area contributed by atoms with Gasteiger partial charge in [0, 0.05) is 49.5 Å². The van der Waals surface area contributed by atoms with Crippen molar-refractivity contribution in [2.45, 2.75) is 6.92 Å². The molecule has 10 heteroatoms. The van der Waals surface area contributed by atoms with Gasteiger partial charge in [-0.05, 0) is 36.9 Å². The van der Waals surface area contributed by atoms with Crippen LogP contribution in [-0.4, -0.2) is 58.2 Å². The van der Waals surface area contributed by atoms with Crippen molar-refractivity contribution >= 4 is 34.6 Å². The molecule has 0 bridgehead atoms. The van der Waals surface area contributed by atoms with Crippen LogP contribution in [-0.2, 0) is 0 Å². The van der Waals surface area contributed by atoms with E-state index in [1.807, 2.05) is 12.1 Å². The number of hydrogen-bond acceptors (Lipinski definition) is 6. The number of nitro benzene ring substituents is 1. The second-order valence-corrected chi connectivity index (χ2v) is 7.90. The Balaban J connectivity index is 1.53. The molecule has 1 aromatic heterocycles. The number of piperazine rings is 1. The van der Waals surface area contributed by atoms with Crippen LogP contribution in [0.15, 0.2) is 54.7 Å². The van der Waals surface area contributed by atoms with Gasteiger partial charge in [-0.25, -0.2) is 4.68 Å². The zero-order valence-electron chi connectivity index (χ0n) is 17.6. The van der Waals surface area contributed by atoms with E-state index in [4.69, 9.17) is 11.6 Å². The van der Waals surface area contributed by atoms with Crippen LogP contribution in [0.4, 0.5) is 17.1 Å². The van der Waals surface area contributed by atoms with Crippen LogP contribution in [0.3, 0.4) is 0 Å². The number of aromatic nitrogens is 2. The number of anilines is 2. The first kappa shape index (κ1) is 21.8. The molecule has 32 heavy (non-hydrogen) atoms. The molecule has 0 radical (unpaired) electrons. The Morgan fingerprint density at radius 1 is 1.16 bits per heavy atom. The largest absolute Gasteiger partial charge is 0.367 e. The van der Waals surface area contributed by atoms with Crippen molar-refractivity contribution in [1.82, 2.24) is 14.7 Å². The fraction of sp³-hybridized carbons (Fsp3) is 0.273. The van der Waals surface area contributed by atoms with E-state index < -0.39 is 4.92 Å². The summed E-state index contributed by atoms with van der Waals surface area (Å²) in [7, 11) is 0. The molecule has 1 aliphatic heterocycles. The molecule has 1 aliphatic rings. The van der Waals surface area contributed by atoms with Gasteiger partial charge in [0.1, 0.15) is 0 Å². The van der Waals surface area contributed by atoms with Gasteiger partial charge in [0.05, 0.1) is 22.0 Å². The third-order valence-corrected chi connectivity index (χ3v) is 5.73. The first-order valence-corrected chi connectivity index (χ1v) is 10.7. The highest BCUT2D eigenvalue weighted by molar-refractivity contribution is 6.31. The molecule has 0 atom stereocenters. The molecule has 0 saturated carbocycles. The first-order valence-electron chi connectivity index (χ1n) is 10.3. The van der Waals surface area contributed by atoms with Gasteiger partial charge in [-0.1, -0.05) is 24.6 Å². The quantitative estimate of drug-likeness (QED) is 0.449. The highest BCUT2D eigenvalue weighted by Gasteiger charge is 2.20. The van der Waals surface area contributed by atoms with Crippen LogP contribution in [0.2, 0.25) is 5.02 Å². The van der Waals surface area contributed by atoms with E-state index in [0.29, 0.717) is 16.4 Å². The Hall–Kier alpha value is -3.43. The lowest BCUT2D eigenvalue weighted by atomic mass is 10.2. The molecule has 1 fully saturated rings. The number of likely N-dealkylation sites (N-methyl/N-ethyl adjacent to an activating group) is 1. The Morgan fingerprint density at radius 3 is 2.66 bits per heavy atom. The number of nitrogens with one attached hydrogen (secondary N) is 1. The fourth-order valence-corrected chi connectivity index (χ4v) is 3.89. The van der Waals surface area contributed by atoms with Gasteiger partial charge < -0.3 is 15.1 Å². The minimum absolute atomic E-state index is 0.0456. The summed E-state index contributed by atoms with van der Waals surface area (Å²) in [5, 5.41) is 18.8. The predicted molar refractivity (Wildman–Crippen MR) is 124 cm³/mol. The molecule has 1 amide bonds. The highest BCUT2D eigenvalue weighted by atomic mass is 35.5. The summed E-state index contributed by atoms with van der Waals surface area (Å²) < 4.78 is 1.44. The van der Waals surface area contributed by atoms with E-state index in [9.17, 15) is 14.9 Å². The summed E-state index contributed by atoms with van der Waals surface area (Å²) >= 11 is 6.20. The lowest BCUT2D eigenvalue weighted by Gasteiger charge is -2.36. The third-order valence-electron chi connectivity index (χ3n) is 5.49. The minimum atomic E-state index is -0.471. The molecular weight excluding hydrogens is 432 g/mol. The molecule has 4 rings (SSSR count). The topological polar surface area (TPSA) is 96.5 Å². The van der Waals surface area contributed by atoms with Crippen LogP contribution in [0.1, 0.15) is 17.4 Å². The summed E-state index contributed by atoms with van der Waals surface area (Å²) in [6.45, 7) is 6.81. The van der Waals surface area contributed by atoms with Crippen molar-refractivity contribution in [1.29, 1.82) is 0 Å². The molecule has 3 aromatic rings. The van der Waals surface area contributed by atoms with Crippen molar-refractivity contribution in [3.05, 3.63) is 75.6 Å². The van der Waals surface area contributed by atoms with Gasteiger partial charge in [-0.15, -0.1) is 0 Å². The van der Waals surface area contributed by atoms with Crippen LogP contribution in [0.5, 0.6) is 0 Å². The van der Waals surface area contributed by atoms with E-state index in [1.165, 1.54) is 16.8 Å². The maximum absolute atomic E-state index is 12.9. The average Bonchev–Trinajstić information content (AvgIpc) is 3.30. The van der Waals surface area contributed by atoms with Crippen molar-refractivity contribution < 1.29 is 9.72 Å². The number of non-ortho nitro benzene ring substituents is 1.